The summed E-state index contributed by atoms with van der Waals surface area (Å²) >= 11 is 0. The van der Waals surface area contributed by atoms with Crippen molar-refractivity contribution in [1.82, 2.24) is 0 Å². The van der Waals surface area contributed by atoms with Crippen molar-refractivity contribution >= 4 is 0 Å². The molecule has 0 rings (SSSR count). The first-order valence-electron chi connectivity index (χ1n) is 9.89. The molecule has 5 atom stereocenters. The lowest BCUT2D eigenvalue weighted by molar-refractivity contribution is -0.0431. The summed E-state index contributed by atoms with van der Waals surface area (Å²) in [6, 6.07) is 0. The molecular weight excluding hydrogens is 304 g/mol. The van der Waals surface area contributed by atoms with Crippen molar-refractivity contribution in [1.29, 1.82) is 0 Å². The lowest BCUT2D eigenvalue weighted by atomic mass is 9.88. The highest BCUT2D eigenvalue weighted by molar-refractivity contribution is 4.76. The van der Waals surface area contributed by atoms with E-state index >= 15 is 0 Å². The van der Waals surface area contributed by atoms with Gasteiger partial charge in [0.1, 0.15) is 0 Å². The van der Waals surface area contributed by atoms with E-state index in [0.29, 0.717) is 12.3 Å². The molecule has 0 aliphatic carbocycles. The van der Waals surface area contributed by atoms with Crippen LogP contribution in [0.5, 0.6) is 0 Å². The molecular formula is C20H42O4. The smallest absolute Gasteiger partial charge is 0.0845 e. The van der Waals surface area contributed by atoms with Crippen LogP contribution in [-0.4, -0.2) is 45.8 Å². The second-order valence-corrected chi connectivity index (χ2v) is 8.21. The van der Waals surface area contributed by atoms with E-state index in [0.717, 1.165) is 24.7 Å². The Kier molecular flexibility index (Phi) is 14.0. The summed E-state index contributed by atoms with van der Waals surface area (Å²) in [6.07, 6.45) is 7.28. The molecule has 0 heterocycles. The molecule has 4 nitrogen and oxygen atoms in total. The molecule has 0 saturated heterocycles. The van der Waals surface area contributed by atoms with Gasteiger partial charge in [0.2, 0.25) is 0 Å². The fourth-order valence-electron chi connectivity index (χ4n) is 3.28. The predicted octanol–water partition coefficient (Wildman–Crippen LogP) is 3.36. The third-order valence-electron chi connectivity index (χ3n) is 5.21. The van der Waals surface area contributed by atoms with Crippen molar-refractivity contribution in [3.63, 3.8) is 0 Å². The molecule has 0 aliphatic rings. The maximum atomic E-state index is 10.1. The molecule has 0 saturated carbocycles. The number of hydrogen-bond donors (Lipinski definition) is 4. The lowest BCUT2D eigenvalue weighted by Crippen LogP contribution is -2.37. The largest absolute Gasteiger partial charge is 0.396 e. The first kappa shape index (κ1) is 23.8. The molecule has 0 aliphatic heterocycles. The van der Waals surface area contributed by atoms with Crippen LogP contribution in [0.1, 0.15) is 79.1 Å². The molecule has 0 aromatic rings. The third-order valence-corrected chi connectivity index (χ3v) is 5.21. The van der Waals surface area contributed by atoms with E-state index in [9.17, 15) is 15.3 Å². The van der Waals surface area contributed by atoms with Gasteiger partial charge in [-0.2, -0.15) is 0 Å². The molecule has 0 radical (unpaired) electrons. The van der Waals surface area contributed by atoms with Crippen LogP contribution in [-0.2, 0) is 0 Å². The number of rotatable bonds is 15. The topological polar surface area (TPSA) is 80.9 Å². The molecule has 24 heavy (non-hydrogen) atoms. The van der Waals surface area contributed by atoms with Crippen molar-refractivity contribution in [3.05, 3.63) is 0 Å². The Balaban J connectivity index is 3.83. The van der Waals surface area contributed by atoms with E-state index in [2.05, 4.69) is 27.7 Å². The van der Waals surface area contributed by atoms with Crippen LogP contribution in [0.15, 0.2) is 0 Å². The van der Waals surface area contributed by atoms with Crippen LogP contribution in [0.3, 0.4) is 0 Å². The minimum absolute atomic E-state index is 0.300. The quantitative estimate of drug-likeness (QED) is 0.366. The van der Waals surface area contributed by atoms with Gasteiger partial charge in [0.15, 0.2) is 0 Å². The molecule has 146 valence electrons. The predicted molar refractivity (Wildman–Crippen MR) is 99.8 cm³/mol. The Morgan fingerprint density at radius 3 is 1.54 bits per heavy atom. The first-order chi connectivity index (χ1) is 11.3. The van der Waals surface area contributed by atoms with Gasteiger partial charge >= 0.3 is 0 Å². The Bertz CT molecular complexity index is 283. The van der Waals surface area contributed by atoms with Crippen LogP contribution in [0.2, 0.25) is 0 Å². The highest BCUT2D eigenvalue weighted by atomic mass is 16.3. The number of hydrogen-bond acceptors (Lipinski definition) is 4. The Hall–Kier alpha value is -0.160. The van der Waals surface area contributed by atoms with Gasteiger partial charge in [-0.3, -0.25) is 0 Å². The van der Waals surface area contributed by atoms with Crippen molar-refractivity contribution in [2.45, 2.75) is 91.3 Å². The van der Waals surface area contributed by atoms with Gasteiger partial charge < -0.3 is 20.4 Å². The molecule has 0 fully saturated rings. The van der Waals surface area contributed by atoms with Gasteiger partial charge in [-0.25, -0.2) is 0 Å². The van der Waals surface area contributed by atoms with Crippen molar-refractivity contribution < 1.29 is 20.4 Å². The molecule has 4 heteroatoms. The second-order valence-electron chi connectivity index (χ2n) is 8.21. The summed E-state index contributed by atoms with van der Waals surface area (Å²) in [5.41, 5.74) is 0. The fourth-order valence-corrected chi connectivity index (χ4v) is 3.28. The number of aliphatic hydroxyl groups excluding tert-OH is 4. The minimum Gasteiger partial charge on any atom is -0.396 e. The molecule has 0 bridgehead atoms. The number of aliphatic hydroxyl groups is 4. The third kappa shape index (κ3) is 11.4. The Labute approximate surface area is 149 Å². The highest BCUT2D eigenvalue weighted by Crippen LogP contribution is 2.23. The van der Waals surface area contributed by atoms with Crippen LogP contribution >= 0.6 is 0 Å². The fraction of sp³-hybridized carbons (Fsp3) is 1.00. The van der Waals surface area contributed by atoms with E-state index in [4.69, 9.17) is 5.11 Å². The SMILES string of the molecule is CC(C)CCCC(C)CCCC(C)CCC(O)C(CO)C(O)CO. The zero-order chi connectivity index (χ0) is 18.5. The minimum atomic E-state index is -1.05. The molecule has 0 spiro atoms. The Morgan fingerprint density at radius 1 is 0.583 bits per heavy atom. The first-order valence-corrected chi connectivity index (χ1v) is 9.89. The van der Waals surface area contributed by atoms with E-state index in [-0.39, 0.29) is 6.61 Å². The summed E-state index contributed by atoms with van der Waals surface area (Å²) < 4.78 is 0. The van der Waals surface area contributed by atoms with Gasteiger partial charge in [0, 0.05) is 5.92 Å². The highest BCUT2D eigenvalue weighted by Gasteiger charge is 2.25. The molecule has 0 aromatic heterocycles. The van der Waals surface area contributed by atoms with E-state index in [1.807, 2.05) is 0 Å². The van der Waals surface area contributed by atoms with Crippen LogP contribution in [0, 0.1) is 23.7 Å². The zero-order valence-corrected chi connectivity index (χ0v) is 16.3. The molecule has 5 unspecified atom stereocenters. The average molecular weight is 347 g/mol. The maximum Gasteiger partial charge on any atom is 0.0845 e. The summed E-state index contributed by atoms with van der Waals surface area (Å²) in [7, 11) is 0. The summed E-state index contributed by atoms with van der Waals surface area (Å²) in [5, 5.41) is 37.9. The van der Waals surface area contributed by atoms with E-state index < -0.39 is 24.7 Å². The standard InChI is InChI=1S/C20H42O4/c1-15(2)7-5-8-16(3)9-6-10-17(4)11-12-19(23)18(13-21)20(24)14-22/h15-24H,5-14H2,1-4H3. The van der Waals surface area contributed by atoms with Gasteiger partial charge in [0.05, 0.1) is 25.4 Å². The maximum absolute atomic E-state index is 10.1. The van der Waals surface area contributed by atoms with Gasteiger partial charge in [-0.15, -0.1) is 0 Å². The lowest BCUT2D eigenvalue weighted by Gasteiger charge is -2.25. The zero-order valence-electron chi connectivity index (χ0n) is 16.3. The summed E-state index contributed by atoms with van der Waals surface area (Å²) in [5.74, 6) is 1.48. The van der Waals surface area contributed by atoms with Crippen molar-refractivity contribution in [2.24, 2.45) is 23.7 Å². The van der Waals surface area contributed by atoms with Gasteiger partial charge in [0.25, 0.3) is 0 Å². The van der Waals surface area contributed by atoms with Crippen molar-refractivity contribution in [2.75, 3.05) is 13.2 Å². The normalized spacial score (nSPS) is 18.4. The molecule has 0 aromatic carbocycles. The van der Waals surface area contributed by atoms with Crippen LogP contribution < -0.4 is 0 Å². The van der Waals surface area contributed by atoms with E-state index in [1.165, 1.54) is 32.1 Å². The Morgan fingerprint density at radius 2 is 1.08 bits per heavy atom. The monoisotopic (exact) mass is 346 g/mol. The molecule has 0 amide bonds. The molecule has 4 N–H and O–H groups in total. The van der Waals surface area contributed by atoms with Crippen LogP contribution in [0.4, 0.5) is 0 Å². The average Bonchev–Trinajstić information content (AvgIpc) is 2.52. The van der Waals surface area contributed by atoms with E-state index in [1.54, 1.807) is 0 Å². The van der Waals surface area contributed by atoms with Crippen LogP contribution in [0.25, 0.3) is 0 Å². The second kappa shape index (κ2) is 14.1. The van der Waals surface area contributed by atoms with Gasteiger partial charge in [-0.05, 0) is 30.6 Å². The summed E-state index contributed by atoms with van der Waals surface area (Å²) in [4.78, 5) is 0. The van der Waals surface area contributed by atoms with Crippen molar-refractivity contribution in [3.8, 4) is 0 Å². The summed E-state index contributed by atoms with van der Waals surface area (Å²) in [6.45, 7) is 8.38. The van der Waals surface area contributed by atoms with Gasteiger partial charge in [-0.1, -0.05) is 66.2 Å².